The van der Waals surface area contributed by atoms with E-state index in [1.807, 2.05) is 53.1 Å². The molecule has 0 aliphatic rings. The summed E-state index contributed by atoms with van der Waals surface area (Å²) in [6, 6.07) is 20.1. The van der Waals surface area contributed by atoms with Gasteiger partial charge in [-0.25, -0.2) is 0 Å². The summed E-state index contributed by atoms with van der Waals surface area (Å²) in [5.74, 6) is 0. The average Bonchev–Trinajstić information content (AvgIpc) is 2.87. The molecule has 0 unspecified atom stereocenters. The predicted molar refractivity (Wildman–Crippen MR) is 82.8 cm³/mol. The lowest BCUT2D eigenvalue weighted by atomic mass is 10.2. The molecule has 0 N–H and O–H groups in total. The Kier molecular flexibility index (Phi) is 3.46. The molecule has 0 saturated carbocycles. The minimum atomic E-state index is 0.691. The minimum Gasteiger partial charge on any atom is -0.334 e. The highest BCUT2D eigenvalue weighted by Crippen LogP contribution is 2.18. The summed E-state index contributed by atoms with van der Waals surface area (Å²) >= 11 is 0. The van der Waals surface area contributed by atoms with E-state index in [0.717, 1.165) is 22.8 Å². The second-order valence-electron chi connectivity index (χ2n) is 4.67. The number of para-hydroxylation sites is 1. The van der Waals surface area contributed by atoms with Crippen LogP contribution >= 0.6 is 0 Å². The molecule has 0 bridgehead atoms. The van der Waals surface area contributed by atoms with Gasteiger partial charge in [-0.2, -0.15) is 0 Å². The third-order valence-corrected chi connectivity index (χ3v) is 3.36. The van der Waals surface area contributed by atoms with Gasteiger partial charge in [0.15, 0.2) is 6.29 Å². The van der Waals surface area contributed by atoms with E-state index in [0.29, 0.717) is 12.2 Å². The summed E-state index contributed by atoms with van der Waals surface area (Å²) in [5, 5.41) is 1.10. The van der Waals surface area contributed by atoms with Crippen LogP contribution in [0.3, 0.4) is 0 Å². The van der Waals surface area contributed by atoms with Crippen molar-refractivity contribution in [1.82, 2.24) is 4.57 Å². The van der Waals surface area contributed by atoms with Crippen LogP contribution in [0, 0.1) is 0 Å². The van der Waals surface area contributed by atoms with E-state index in [-0.39, 0.29) is 0 Å². The van der Waals surface area contributed by atoms with Crippen LogP contribution in [-0.4, -0.2) is 10.9 Å². The molecule has 3 rings (SSSR count). The Morgan fingerprint density at radius 3 is 2.50 bits per heavy atom. The quantitative estimate of drug-likeness (QED) is 0.646. The molecule has 0 atom stereocenters. The Morgan fingerprint density at radius 2 is 1.70 bits per heavy atom. The molecule has 0 fully saturated rings. The minimum absolute atomic E-state index is 0.691. The van der Waals surface area contributed by atoms with E-state index in [9.17, 15) is 4.79 Å². The largest absolute Gasteiger partial charge is 0.334 e. The van der Waals surface area contributed by atoms with E-state index < -0.39 is 0 Å². The van der Waals surface area contributed by atoms with E-state index in [2.05, 4.69) is 24.3 Å². The SMILES string of the molecule is O=Cc1cc2ccccc2n1C/C=C/c1ccccc1. The molecule has 20 heavy (non-hydrogen) atoms. The molecule has 0 amide bonds. The van der Waals surface area contributed by atoms with E-state index in [1.165, 1.54) is 0 Å². The molecule has 3 aromatic rings. The molecular weight excluding hydrogens is 246 g/mol. The van der Waals surface area contributed by atoms with E-state index in [1.54, 1.807) is 0 Å². The van der Waals surface area contributed by atoms with Gasteiger partial charge in [0.25, 0.3) is 0 Å². The molecule has 0 aliphatic carbocycles. The van der Waals surface area contributed by atoms with Gasteiger partial charge >= 0.3 is 0 Å². The zero-order valence-corrected chi connectivity index (χ0v) is 11.1. The van der Waals surface area contributed by atoms with Gasteiger partial charge in [-0.15, -0.1) is 0 Å². The van der Waals surface area contributed by atoms with E-state index >= 15 is 0 Å². The number of aromatic nitrogens is 1. The summed E-state index contributed by atoms with van der Waals surface area (Å²) in [6.07, 6.45) is 5.06. The standard InChI is InChI=1S/C18H15NO/c20-14-17-13-16-10-4-5-11-18(16)19(17)12-6-9-15-7-2-1-3-8-15/h1-11,13-14H,12H2/b9-6+. The van der Waals surface area contributed by atoms with Crippen LogP contribution in [0.25, 0.3) is 17.0 Å². The number of nitrogens with zero attached hydrogens (tertiary/aromatic N) is 1. The monoisotopic (exact) mass is 261 g/mol. The lowest BCUT2D eigenvalue weighted by Gasteiger charge is -2.03. The van der Waals surface area contributed by atoms with Gasteiger partial charge in [0.2, 0.25) is 0 Å². The van der Waals surface area contributed by atoms with Crippen molar-refractivity contribution in [2.75, 3.05) is 0 Å². The van der Waals surface area contributed by atoms with Gasteiger partial charge in [0, 0.05) is 17.4 Å². The highest BCUT2D eigenvalue weighted by atomic mass is 16.1. The first kappa shape index (κ1) is 12.4. The fraction of sp³-hybridized carbons (Fsp3) is 0.0556. The molecule has 1 heterocycles. The first-order valence-corrected chi connectivity index (χ1v) is 6.63. The van der Waals surface area contributed by atoms with Crippen LogP contribution in [0.1, 0.15) is 16.1 Å². The zero-order valence-electron chi connectivity index (χ0n) is 11.1. The number of hydrogen-bond donors (Lipinski definition) is 0. The van der Waals surface area contributed by atoms with Gasteiger partial charge < -0.3 is 4.57 Å². The number of aldehydes is 1. The number of fused-ring (bicyclic) bond motifs is 1. The van der Waals surface area contributed by atoms with Crippen molar-refractivity contribution in [1.29, 1.82) is 0 Å². The number of rotatable bonds is 4. The van der Waals surface area contributed by atoms with Crippen molar-refractivity contribution in [2.45, 2.75) is 6.54 Å². The second-order valence-corrected chi connectivity index (χ2v) is 4.67. The second kappa shape index (κ2) is 5.57. The number of carbonyl (C=O) groups excluding carboxylic acids is 1. The Balaban J connectivity index is 1.90. The molecule has 0 radical (unpaired) electrons. The molecular formula is C18H15NO. The van der Waals surface area contributed by atoms with Gasteiger partial charge in [-0.05, 0) is 17.7 Å². The Bertz CT molecular complexity index is 753. The summed E-state index contributed by atoms with van der Waals surface area (Å²) in [7, 11) is 0. The van der Waals surface area contributed by atoms with Crippen LogP contribution < -0.4 is 0 Å². The fourth-order valence-corrected chi connectivity index (χ4v) is 2.39. The maximum Gasteiger partial charge on any atom is 0.166 e. The molecule has 1 aromatic heterocycles. The van der Waals surface area contributed by atoms with Gasteiger partial charge in [-0.1, -0.05) is 60.7 Å². The normalized spacial score (nSPS) is 11.2. The van der Waals surface area contributed by atoms with Crippen molar-refractivity contribution < 1.29 is 4.79 Å². The van der Waals surface area contributed by atoms with Crippen LogP contribution in [0.2, 0.25) is 0 Å². The maximum atomic E-state index is 11.2. The summed E-state index contributed by atoms with van der Waals surface area (Å²) in [5.41, 5.74) is 2.97. The van der Waals surface area contributed by atoms with Crippen molar-refractivity contribution in [3.8, 4) is 0 Å². The Hall–Kier alpha value is -2.61. The van der Waals surface area contributed by atoms with Crippen LogP contribution in [0.4, 0.5) is 0 Å². The van der Waals surface area contributed by atoms with E-state index in [4.69, 9.17) is 0 Å². The van der Waals surface area contributed by atoms with Gasteiger partial charge in [-0.3, -0.25) is 4.79 Å². The van der Waals surface area contributed by atoms with Crippen molar-refractivity contribution in [3.05, 3.63) is 78.0 Å². The Morgan fingerprint density at radius 1 is 0.950 bits per heavy atom. The van der Waals surface area contributed by atoms with Gasteiger partial charge in [0.1, 0.15) is 0 Å². The summed E-state index contributed by atoms with van der Waals surface area (Å²) < 4.78 is 2.03. The van der Waals surface area contributed by atoms with Crippen molar-refractivity contribution in [2.24, 2.45) is 0 Å². The molecule has 98 valence electrons. The molecule has 0 spiro atoms. The van der Waals surface area contributed by atoms with Crippen molar-refractivity contribution >= 4 is 23.3 Å². The maximum absolute atomic E-state index is 11.2. The first-order chi connectivity index (χ1) is 9.88. The number of allylic oxidation sites excluding steroid dienone is 1. The molecule has 2 nitrogen and oxygen atoms in total. The fourth-order valence-electron chi connectivity index (χ4n) is 2.39. The van der Waals surface area contributed by atoms with Crippen molar-refractivity contribution in [3.63, 3.8) is 0 Å². The smallest absolute Gasteiger partial charge is 0.166 e. The third-order valence-electron chi connectivity index (χ3n) is 3.36. The van der Waals surface area contributed by atoms with Gasteiger partial charge in [0.05, 0.1) is 5.69 Å². The highest BCUT2D eigenvalue weighted by molar-refractivity contribution is 5.88. The predicted octanol–water partition coefficient (Wildman–Crippen LogP) is 4.17. The summed E-state index contributed by atoms with van der Waals surface area (Å²) in [6.45, 7) is 0.691. The Labute approximate surface area is 118 Å². The van der Waals surface area contributed by atoms with Crippen LogP contribution in [0.5, 0.6) is 0 Å². The zero-order chi connectivity index (χ0) is 13.8. The highest BCUT2D eigenvalue weighted by Gasteiger charge is 2.05. The third kappa shape index (κ3) is 2.41. The summed E-state index contributed by atoms with van der Waals surface area (Å²) in [4.78, 5) is 11.2. The molecule has 2 heteroatoms. The first-order valence-electron chi connectivity index (χ1n) is 6.63. The van der Waals surface area contributed by atoms with Crippen LogP contribution in [-0.2, 0) is 6.54 Å². The number of hydrogen-bond acceptors (Lipinski definition) is 1. The lowest BCUT2D eigenvalue weighted by molar-refractivity contribution is 0.111. The number of benzene rings is 2. The molecule has 2 aromatic carbocycles. The lowest BCUT2D eigenvalue weighted by Crippen LogP contribution is -1.99. The molecule has 0 saturated heterocycles. The number of carbonyl (C=O) groups is 1. The van der Waals surface area contributed by atoms with Crippen LogP contribution in [0.15, 0.2) is 66.7 Å². The molecule has 0 aliphatic heterocycles. The topological polar surface area (TPSA) is 22.0 Å². The average molecular weight is 261 g/mol.